The highest BCUT2D eigenvalue weighted by Gasteiger charge is 2.19. The third kappa shape index (κ3) is 2.00. The second-order valence-corrected chi connectivity index (χ2v) is 4.92. The Hall–Kier alpha value is -2.59. The van der Waals surface area contributed by atoms with E-state index in [-0.39, 0.29) is 5.82 Å². The van der Waals surface area contributed by atoms with Gasteiger partial charge in [-0.15, -0.1) is 0 Å². The molecule has 0 amide bonds. The highest BCUT2D eigenvalue weighted by Crippen LogP contribution is 2.31. The summed E-state index contributed by atoms with van der Waals surface area (Å²) in [5.74, 6) is 0.387. The summed E-state index contributed by atoms with van der Waals surface area (Å²) >= 11 is 0. The standard InChI is InChI=1S/C17H11FO3/c18-12-5-6-14-11(7-12)9-16(21-14)17(19)15-8-10-3-1-2-4-13(10)20-15/h1-9,17,19H. The van der Waals surface area contributed by atoms with Crippen LogP contribution in [0.5, 0.6) is 0 Å². The maximum atomic E-state index is 13.2. The Morgan fingerprint density at radius 2 is 1.48 bits per heavy atom. The first-order valence-electron chi connectivity index (χ1n) is 6.56. The van der Waals surface area contributed by atoms with E-state index in [1.165, 1.54) is 12.1 Å². The van der Waals surface area contributed by atoms with E-state index in [0.717, 1.165) is 5.39 Å². The average Bonchev–Trinajstić information content (AvgIpc) is 3.09. The van der Waals surface area contributed by atoms with E-state index in [0.29, 0.717) is 28.1 Å². The molecule has 2 aromatic heterocycles. The summed E-state index contributed by atoms with van der Waals surface area (Å²) in [6.45, 7) is 0. The van der Waals surface area contributed by atoms with Gasteiger partial charge in [0.1, 0.15) is 28.5 Å². The number of para-hydroxylation sites is 1. The highest BCUT2D eigenvalue weighted by atomic mass is 19.1. The predicted molar refractivity (Wildman–Crippen MR) is 76.4 cm³/mol. The Morgan fingerprint density at radius 3 is 2.24 bits per heavy atom. The van der Waals surface area contributed by atoms with Crippen molar-refractivity contribution >= 4 is 21.9 Å². The number of halogens is 1. The van der Waals surface area contributed by atoms with Crippen LogP contribution < -0.4 is 0 Å². The second kappa shape index (κ2) is 4.46. The summed E-state index contributed by atoms with van der Waals surface area (Å²) in [4.78, 5) is 0. The molecule has 21 heavy (non-hydrogen) atoms. The van der Waals surface area contributed by atoms with Crippen molar-refractivity contribution < 1.29 is 18.3 Å². The third-order valence-electron chi connectivity index (χ3n) is 3.48. The first kappa shape index (κ1) is 12.2. The molecule has 1 atom stereocenters. The SMILES string of the molecule is OC(c1cc2ccccc2o1)c1cc2cc(F)ccc2o1. The average molecular weight is 282 g/mol. The van der Waals surface area contributed by atoms with E-state index in [9.17, 15) is 9.50 Å². The third-order valence-corrected chi connectivity index (χ3v) is 3.48. The number of aliphatic hydroxyl groups is 1. The smallest absolute Gasteiger partial charge is 0.169 e. The first-order chi connectivity index (χ1) is 10.2. The zero-order valence-electron chi connectivity index (χ0n) is 10.9. The van der Waals surface area contributed by atoms with E-state index in [1.54, 1.807) is 18.2 Å². The van der Waals surface area contributed by atoms with Crippen LogP contribution in [0.2, 0.25) is 0 Å². The number of hydrogen-bond acceptors (Lipinski definition) is 3. The molecule has 0 aliphatic carbocycles. The molecule has 4 heteroatoms. The number of fused-ring (bicyclic) bond motifs is 2. The number of benzene rings is 2. The predicted octanol–water partition coefficient (Wildman–Crippen LogP) is 4.40. The van der Waals surface area contributed by atoms with E-state index >= 15 is 0 Å². The molecule has 0 radical (unpaired) electrons. The summed E-state index contributed by atoms with van der Waals surface area (Å²) < 4.78 is 24.4. The highest BCUT2D eigenvalue weighted by molar-refractivity contribution is 5.79. The zero-order chi connectivity index (χ0) is 14.4. The molecule has 2 aromatic carbocycles. The van der Waals surface area contributed by atoms with Gasteiger partial charge in [-0.25, -0.2) is 4.39 Å². The largest absolute Gasteiger partial charge is 0.458 e. The van der Waals surface area contributed by atoms with Crippen LogP contribution in [0, 0.1) is 5.82 Å². The van der Waals surface area contributed by atoms with Crippen LogP contribution in [0.1, 0.15) is 17.6 Å². The van der Waals surface area contributed by atoms with Gasteiger partial charge in [0, 0.05) is 10.8 Å². The quantitative estimate of drug-likeness (QED) is 0.592. The van der Waals surface area contributed by atoms with Gasteiger partial charge in [0.05, 0.1) is 0 Å². The maximum Gasteiger partial charge on any atom is 0.169 e. The molecule has 4 aromatic rings. The van der Waals surface area contributed by atoms with Crippen molar-refractivity contribution in [2.24, 2.45) is 0 Å². The van der Waals surface area contributed by atoms with Gasteiger partial charge in [0.25, 0.3) is 0 Å². The van der Waals surface area contributed by atoms with Gasteiger partial charge in [-0.05, 0) is 36.4 Å². The van der Waals surface area contributed by atoms with Crippen LogP contribution in [0.4, 0.5) is 4.39 Å². The summed E-state index contributed by atoms with van der Waals surface area (Å²) in [5, 5.41) is 11.9. The number of rotatable bonds is 2. The monoisotopic (exact) mass is 282 g/mol. The molecule has 104 valence electrons. The minimum Gasteiger partial charge on any atom is -0.458 e. The van der Waals surface area contributed by atoms with Crippen LogP contribution in [0.3, 0.4) is 0 Å². The summed E-state index contributed by atoms with van der Waals surface area (Å²) in [6.07, 6.45) is -1.02. The lowest BCUT2D eigenvalue weighted by molar-refractivity contribution is 0.167. The summed E-state index contributed by atoms with van der Waals surface area (Å²) in [6, 6.07) is 15.1. The van der Waals surface area contributed by atoms with E-state index in [1.807, 2.05) is 24.3 Å². The molecule has 2 heterocycles. The molecule has 0 fully saturated rings. The van der Waals surface area contributed by atoms with Crippen LogP contribution in [0.25, 0.3) is 21.9 Å². The van der Waals surface area contributed by atoms with Gasteiger partial charge >= 0.3 is 0 Å². The van der Waals surface area contributed by atoms with Gasteiger partial charge in [-0.1, -0.05) is 18.2 Å². The van der Waals surface area contributed by atoms with Crippen molar-refractivity contribution in [3.05, 3.63) is 71.9 Å². The molecule has 0 aliphatic rings. The lowest BCUT2D eigenvalue weighted by Crippen LogP contribution is -1.95. The normalized spacial score (nSPS) is 13.0. The fraction of sp³-hybridized carbons (Fsp3) is 0.0588. The molecule has 1 unspecified atom stereocenters. The van der Waals surface area contributed by atoms with Gasteiger partial charge in [-0.3, -0.25) is 0 Å². The minimum atomic E-state index is -1.02. The van der Waals surface area contributed by atoms with E-state index < -0.39 is 6.10 Å². The van der Waals surface area contributed by atoms with Crippen molar-refractivity contribution in [3.63, 3.8) is 0 Å². The minimum absolute atomic E-state index is 0.328. The van der Waals surface area contributed by atoms with Crippen LogP contribution in [0.15, 0.2) is 63.4 Å². The molecular formula is C17H11FO3. The Morgan fingerprint density at radius 1 is 0.810 bits per heavy atom. The maximum absolute atomic E-state index is 13.2. The van der Waals surface area contributed by atoms with Crippen molar-refractivity contribution in [2.45, 2.75) is 6.10 Å². The Kier molecular flexibility index (Phi) is 2.59. The van der Waals surface area contributed by atoms with Gasteiger partial charge in [0.15, 0.2) is 6.10 Å². The zero-order valence-corrected chi connectivity index (χ0v) is 10.9. The lowest BCUT2D eigenvalue weighted by atomic mass is 10.2. The fourth-order valence-electron chi connectivity index (χ4n) is 2.45. The Labute approximate surface area is 119 Å². The van der Waals surface area contributed by atoms with Gasteiger partial charge in [-0.2, -0.15) is 0 Å². The van der Waals surface area contributed by atoms with Crippen molar-refractivity contribution in [1.82, 2.24) is 0 Å². The van der Waals surface area contributed by atoms with E-state index in [4.69, 9.17) is 8.83 Å². The fourth-order valence-corrected chi connectivity index (χ4v) is 2.45. The number of furan rings is 2. The van der Waals surface area contributed by atoms with Crippen molar-refractivity contribution in [1.29, 1.82) is 0 Å². The lowest BCUT2D eigenvalue weighted by Gasteiger charge is -2.02. The molecule has 0 spiro atoms. The van der Waals surface area contributed by atoms with Gasteiger partial charge in [0.2, 0.25) is 0 Å². The molecule has 0 aliphatic heterocycles. The molecule has 1 N–H and O–H groups in total. The summed E-state index contributed by atoms with van der Waals surface area (Å²) in [7, 11) is 0. The number of aliphatic hydroxyl groups excluding tert-OH is 1. The molecule has 0 bridgehead atoms. The Balaban J connectivity index is 1.79. The molecule has 0 saturated heterocycles. The molecule has 0 saturated carbocycles. The van der Waals surface area contributed by atoms with Crippen molar-refractivity contribution in [3.8, 4) is 0 Å². The second-order valence-electron chi connectivity index (χ2n) is 4.92. The molecular weight excluding hydrogens is 271 g/mol. The number of hydrogen-bond donors (Lipinski definition) is 1. The van der Waals surface area contributed by atoms with Crippen molar-refractivity contribution in [2.75, 3.05) is 0 Å². The van der Waals surface area contributed by atoms with E-state index in [2.05, 4.69) is 0 Å². The van der Waals surface area contributed by atoms with Gasteiger partial charge < -0.3 is 13.9 Å². The summed E-state index contributed by atoms with van der Waals surface area (Å²) in [5.41, 5.74) is 1.23. The first-order valence-corrected chi connectivity index (χ1v) is 6.56. The van der Waals surface area contributed by atoms with Crippen LogP contribution in [-0.4, -0.2) is 5.11 Å². The van der Waals surface area contributed by atoms with Crippen LogP contribution >= 0.6 is 0 Å². The Bertz CT molecular complexity index is 902. The topological polar surface area (TPSA) is 46.5 Å². The molecule has 4 rings (SSSR count). The molecule has 3 nitrogen and oxygen atoms in total. The van der Waals surface area contributed by atoms with Crippen LogP contribution in [-0.2, 0) is 0 Å².